The molecule has 0 unspecified atom stereocenters. The first kappa shape index (κ1) is 12.0. The van der Waals surface area contributed by atoms with Crippen LogP contribution in [0.1, 0.15) is 22.8 Å². The molecule has 2 heterocycles. The van der Waals surface area contributed by atoms with Crippen LogP contribution in [0.25, 0.3) is 0 Å². The molecule has 1 atom stereocenters. The molecule has 19 heavy (non-hydrogen) atoms. The van der Waals surface area contributed by atoms with Gasteiger partial charge in [0, 0.05) is 12.3 Å². The number of benzene rings is 1. The molecular formula is C12H9F2N3OS. The van der Waals surface area contributed by atoms with Crippen molar-refractivity contribution in [2.45, 2.75) is 12.3 Å². The Labute approximate surface area is 111 Å². The highest BCUT2D eigenvalue weighted by atomic mass is 32.1. The molecule has 1 aromatic heterocycles. The van der Waals surface area contributed by atoms with Crippen LogP contribution in [-0.2, 0) is 4.79 Å². The number of hydrogen-bond donors (Lipinski definition) is 2. The fourth-order valence-electron chi connectivity index (χ4n) is 2.13. The van der Waals surface area contributed by atoms with Crippen LogP contribution in [-0.4, -0.2) is 10.9 Å². The monoisotopic (exact) mass is 281 g/mol. The molecule has 0 radical (unpaired) electrons. The molecular weight excluding hydrogens is 272 g/mol. The summed E-state index contributed by atoms with van der Waals surface area (Å²) in [7, 11) is 0. The van der Waals surface area contributed by atoms with E-state index in [9.17, 15) is 13.6 Å². The molecule has 1 amide bonds. The Bertz CT molecular complexity index is 671. The number of nitrogen functional groups attached to an aromatic ring is 1. The molecule has 7 heteroatoms. The molecule has 0 fully saturated rings. The summed E-state index contributed by atoms with van der Waals surface area (Å²) in [6.07, 6.45) is 0.166. The lowest BCUT2D eigenvalue weighted by Crippen LogP contribution is -2.22. The van der Waals surface area contributed by atoms with Crippen LogP contribution in [0.5, 0.6) is 0 Å². The lowest BCUT2D eigenvalue weighted by atomic mass is 9.91. The molecule has 3 rings (SSSR count). The second kappa shape index (κ2) is 4.27. The van der Waals surface area contributed by atoms with Crippen molar-refractivity contribution in [3.05, 3.63) is 40.3 Å². The fourth-order valence-corrected chi connectivity index (χ4v) is 3.05. The number of hydrogen-bond acceptors (Lipinski definition) is 4. The van der Waals surface area contributed by atoms with Gasteiger partial charge in [0.05, 0.1) is 4.88 Å². The van der Waals surface area contributed by atoms with E-state index in [-0.39, 0.29) is 18.2 Å². The van der Waals surface area contributed by atoms with Crippen LogP contribution in [0.15, 0.2) is 18.2 Å². The maximum Gasteiger partial charge on any atom is 0.226 e. The van der Waals surface area contributed by atoms with Crippen LogP contribution in [0.2, 0.25) is 0 Å². The molecule has 1 aromatic carbocycles. The van der Waals surface area contributed by atoms with E-state index in [1.165, 1.54) is 17.4 Å². The largest absolute Gasteiger partial charge is 0.375 e. The Balaban J connectivity index is 2.09. The fraction of sp³-hybridized carbons (Fsp3) is 0.167. The van der Waals surface area contributed by atoms with Gasteiger partial charge in [-0.25, -0.2) is 13.8 Å². The Hall–Kier alpha value is -2.02. The predicted molar refractivity (Wildman–Crippen MR) is 68.0 cm³/mol. The first-order chi connectivity index (χ1) is 9.04. The van der Waals surface area contributed by atoms with Gasteiger partial charge in [0.2, 0.25) is 5.91 Å². The summed E-state index contributed by atoms with van der Waals surface area (Å²) in [5.74, 6) is -1.98. The van der Waals surface area contributed by atoms with Gasteiger partial charge in [-0.3, -0.25) is 4.79 Å². The minimum absolute atomic E-state index is 0.166. The number of halogens is 2. The second-order valence-electron chi connectivity index (χ2n) is 4.24. The number of fused-ring (bicyclic) bond motifs is 1. The van der Waals surface area contributed by atoms with Gasteiger partial charge in [-0.15, -0.1) is 0 Å². The molecule has 0 spiro atoms. The summed E-state index contributed by atoms with van der Waals surface area (Å²) in [4.78, 5) is 16.4. The standard InChI is InChI=1S/C12H9F2N3OS/c13-7-2-1-5(3-8(7)14)6-4-9(18)16-11-10(6)19-12(15)17-11/h1-3,6H,4H2,(H2,15,17)(H,16,18)/t6-/m0/s1. The van der Waals surface area contributed by atoms with E-state index in [1.807, 2.05) is 0 Å². The number of carbonyl (C=O) groups is 1. The van der Waals surface area contributed by atoms with Crippen molar-refractivity contribution >= 4 is 28.2 Å². The number of amides is 1. The highest BCUT2D eigenvalue weighted by molar-refractivity contribution is 7.16. The van der Waals surface area contributed by atoms with Crippen molar-refractivity contribution in [3.63, 3.8) is 0 Å². The molecule has 0 saturated carbocycles. The number of carbonyl (C=O) groups excluding carboxylic acids is 1. The Morgan fingerprint density at radius 1 is 1.37 bits per heavy atom. The van der Waals surface area contributed by atoms with E-state index in [0.717, 1.165) is 17.0 Å². The Morgan fingerprint density at radius 3 is 2.89 bits per heavy atom. The van der Waals surface area contributed by atoms with E-state index in [2.05, 4.69) is 10.3 Å². The van der Waals surface area contributed by atoms with Crippen molar-refractivity contribution < 1.29 is 13.6 Å². The average Bonchev–Trinajstić information content (AvgIpc) is 2.72. The summed E-state index contributed by atoms with van der Waals surface area (Å²) in [6.45, 7) is 0. The van der Waals surface area contributed by atoms with Gasteiger partial charge in [0.15, 0.2) is 16.8 Å². The maximum absolute atomic E-state index is 13.3. The third kappa shape index (κ3) is 2.06. The number of aromatic nitrogens is 1. The molecule has 98 valence electrons. The van der Waals surface area contributed by atoms with E-state index in [4.69, 9.17) is 5.73 Å². The van der Waals surface area contributed by atoms with Crippen molar-refractivity contribution in [1.82, 2.24) is 4.98 Å². The maximum atomic E-state index is 13.3. The number of thiazole rings is 1. The quantitative estimate of drug-likeness (QED) is 0.843. The zero-order valence-electron chi connectivity index (χ0n) is 9.61. The van der Waals surface area contributed by atoms with E-state index < -0.39 is 11.6 Å². The molecule has 2 aromatic rings. The summed E-state index contributed by atoms with van der Waals surface area (Å²) in [5, 5.41) is 2.95. The van der Waals surface area contributed by atoms with Crippen LogP contribution in [0.3, 0.4) is 0 Å². The van der Waals surface area contributed by atoms with Crippen molar-refractivity contribution in [3.8, 4) is 0 Å². The lowest BCUT2D eigenvalue weighted by molar-refractivity contribution is -0.116. The normalized spacial score (nSPS) is 18.0. The number of nitrogens with one attached hydrogen (secondary N) is 1. The first-order valence-electron chi connectivity index (χ1n) is 5.55. The van der Waals surface area contributed by atoms with Gasteiger partial charge >= 0.3 is 0 Å². The van der Waals surface area contributed by atoms with Crippen LogP contribution in [0.4, 0.5) is 19.7 Å². The number of rotatable bonds is 1. The van der Waals surface area contributed by atoms with Crippen molar-refractivity contribution in [2.75, 3.05) is 11.1 Å². The van der Waals surface area contributed by atoms with Gasteiger partial charge < -0.3 is 11.1 Å². The first-order valence-corrected chi connectivity index (χ1v) is 6.37. The van der Waals surface area contributed by atoms with Gasteiger partial charge in [-0.1, -0.05) is 17.4 Å². The second-order valence-corrected chi connectivity index (χ2v) is 5.31. The van der Waals surface area contributed by atoms with Crippen LogP contribution >= 0.6 is 11.3 Å². The summed E-state index contributed by atoms with van der Waals surface area (Å²) >= 11 is 1.24. The summed E-state index contributed by atoms with van der Waals surface area (Å²) < 4.78 is 26.3. The van der Waals surface area contributed by atoms with Crippen LogP contribution < -0.4 is 11.1 Å². The highest BCUT2D eigenvalue weighted by Crippen LogP contribution is 2.41. The predicted octanol–water partition coefficient (Wildman–Crippen LogP) is 2.48. The Morgan fingerprint density at radius 2 is 2.16 bits per heavy atom. The van der Waals surface area contributed by atoms with Crippen molar-refractivity contribution in [1.29, 1.82) is 0 Å². The smallest absolute Gasteiger partial charge is 0.226 e. The minimum atomic E-state index is -0.928. The zero-order valence-corrected chi connectivity index (χ0v) is 10.4. The van der Waals surface area contributed by atoms with Gasteiger partial charge in [0.25, 0.3) is 0 Å². The van der Waals surface area contributed by atoms with Gasteiger partial charge in [0.1, 0.15) is 5.82 Å². The molecule has 1 aliphatic rings. The van der Waals surface area contributed by atoms with Crippen molar-refractivity contribution in [2.24, 2.45) is 0 Å². The van der Waals surface area contributed by atoms with E-state index in [1.54, 1.807) is 0 Å². The van der Waals surface area contributed by atoms with Gasteiger partial charge in [-0.2, -0.15) is 0 Å². The van der Waals surface area contributed by atoms with Crippen LogP contribution in [0, 0.1) is 11.6 Å². The van der Waals surface area contributed by atoms with E-state index in [0.29, 0.717) is 16.5 Å². The number of nitrogens with zero attached hydrogens (tertiary/aromatic N) is 1. The molecule has 0 aliphatic carbocycles. The van der Waals surface area contributed by atoms with Gasteiger partial charge in [-0.05, 0) is 17.7 Å². The summed E-state index contributed by atoms with van der Waals surface area (Å²) in [6, 6.07) is 3.64. The molecule has 0 saturated heterocycles. The molecule has 3 N–H and O–H groups in total. The average molecular weight is 281 g/mol. The zero-order chi connectivity index (χ0) is 13.6. The molecule has 4 nitrogen and oxygen atoms in total. The highest BCUT2D eigenvalue weighted by Gasteiger charge is 2.30. The topological polar surface area (TPSA) is 68.0 Å². The molecule has 0 bridgehead atoms. The third-order valence-electron chi connectivity index (χ3n) is 2.98. The Kier molecular flexibility index (Phi) is 2.70. The lowest BCUT2D eigenvalue weighted by Gasteiger charge is -2.21. The molecule has 1 aliphatic heterocycles. The number of nitrogens with two attached hydrogens (primary N) is 1. The summed E-state index contributed by atoms with van der Waals surface area (Å²) in [5.41, 5.74) is 6.16. The van der Waals surface area contributed by atoms with E-state index >= 15 is 0 Å². The minimum Gasteiger partial charge on any atom is -0.375 e. The third-order valence-corrected chi connectivity index (χ3v) is 3.98. The SMILES string of the molecule is Nc1nc2c(s1)[C@H](c1ccc(F)c(F)c1)CC(=O)N2. The number of anilines is 2.